The van der Waals surface area contributed by atoms with Crippen molar-refractivity contribution in [2.45, 2.75) is 33.2 Å². The van der Waals surface area contributed by atoms with E-state index in [1.807, 2.05) is 11.0 Å². The molecule has 0 radical (unpaired) electrons. The van der Waals surface area contributed by atoms with Crippen LogP contribution in [-0.2, 0) is 11.3 Å². The van der Waals surface area contributed by atoms with E-state index in [1.54, 1.807) is 14.2 Å². The first-order chi connectivity index (χ1) is 13.5. The average molecular weight is 390 g/mol. The van der Waals surface area contributed by atoms with Gasteiger partial charge in [0.1, 0.15) is 0 Å². The van der Waals surface area contributed by atoms with Gasteiger partial charge in [-0.15, -0.1) is 0 Å². The van der Waals surface area contributed by atoms with Gasteiger partial charge < -0.3 is 14.4 Å². The van der Waals surface area contributed by atoms with Gasteiger partial charge in [0.05, 0.1) is 20.8 Å². The molecule has 2 fully saturated rings. The van der Waals surface area contributed by atoms with Crippen molar-refractivity contribution in [3.8, 4) is 11.5 Å². The van der Waals surface area contributed by atoms with Gasteiger partial charge in [-0.1, -0.05) is 6.92 Å². The number of amides is 1. The molecule has 1 aromatic rings. The summed E-state index contributed by atoms with van der Waals surface area (Å²) in [5.74, 6) is 2.63. The Bertz CT molecular complexity index is 663. The Kier molecular flexibility index (Phi) is 7.18. The van der Waals surface area contributed by atoms with Gasteiger partial charge in [0.15, 0.2) is 11.5 Å². The maximum Gasteiger partial charge on any atom is 0.236 e. The predicted octanol–water partition coefficient (Wildman–Crippen LogP) is 2.39. The van der Waals surface area contributed by atoms with Crippen molar-refractivity contribution < 1.29 is 14.3 Å². The fourth-order valence-corrected chi connectivity index (χ4v) is 4.10. The van der Waals surface area contributed by atoms with Crippen LogP contribution in [0, 0.1) is 12.8 Å². The number of rotatable bonds is 6. The number of carbonyl (C=O) groups excluding carboxylic acids is 1. The van der Waals surface area contributed by atoms with Crippen LogP contribution in [-0.4, -0.2) is 80.6 Å². The fraction of sp³-hybridized carbons (Fsp3) is 0.682. The normalized spacial score (nSPS) is 19.6. The Hall–Kier alpha value is -1.79. The smallest absolute Gasteiger partial charge is 0.236 e. The number of piperazine rings is 1. The maximum absolute atomic E-state index is 12.7. The largest absolute Gasteiger partial charge is 0.493 e. The summed E-state index contributed by atoms with van der Waals surface area (Å²) in [6, 6.07) is 4.11. The van der Waals surface area contributed by atoms with Crippen molar-refractivity contribution in [3.05, 3.63) is 23.3 Å². The molecule has 156 valence electrons. The van der Waals surface area contributed by atoms with E-state index < -0.39 is 0 Å². The van der Waals surface area contributed by atoms with Gasteiger partial charge in [-0.05, 0) is 62.0 Å². The highest BCUT2D eigenvalue weighted by molar-refractivity contribution is 5.78. The molecule has 2 heterocycles. The molecule has 2 aliphatic heterocycles. The van der Waals surface area contributed by atoms with E-state index in [-0.39, 0.29) is 5.91 Å². The molecule has 1 amide bonds. The minimum atomic E-state index is 0.288. The maximum atomic E-state index is 12.7. The summed E-state index contributed by atoms with van der Waals surface area (Å²) in [5.41, 5.74) is 2.45. The summed E-state index contributed by atoms with van der Waals surface area (Å²) in [6.45, 7) is 11.4. The highest BCUT2D eigenvalue weighted by Crippen LogP contribution is 2.31. The van der Waals surface area contributed by atoms with E-state index in [2.05, 4.69) is 29.7 Å². The Morgan fingerprint density at radius 3 is 2.18 bits per heavy atom. The topological polar surface area (TPSA) is 45.2 Å². The molecule has 2 saturated heterocycles. The number of likely N-dealkylation sites (tertiary alicyclic amines) is 1. The molecule has 6 heteroatoms. The van der Waals surface area contributed by atoms with Gasteiger partial charge in [0.2, 0.25) is 5.91 Å². The van der Waals surface area contributed by atoms with E-state index >= 15 is 0 Å². The standard InChI is InChI=1S/C22H35N3O3/c1-17-5-7-23(8-6-17)16-22(26)25-11-9-24(10-12-25)15-19-14-21(28-4)20(27-3)13-18(19)2/h13-14,17H,5-12,15-16H2,1-4H3. The second-order valence-corrected chi connectivity index (χ2v) is 8.25. The molecule has 1 aromatic carbocycles. The highest BCUT2D eigenvalue weighted by atomic mass is 16.5. The van der Waals surface area contributed by atoms with Crippen LogP contribution >= 0.6 is 0 Å². The third-order valence-electron chi connectivity index (χ3n) is 6.20. The molecule has 0 N–H and O–H groups in total. The van der Waals surface area contributed by atoms with E-state index in [9.17, 15) is 4.79 Å². The van der Waals surface area contributed by atoms with E-state index in [0.29, 0.717) is 6.54 Å². The number of aryl methyl sites for hydroxylation is 1. The van der Waals surface area contributed by atoms with Crippen LogP contribution in [0.5, 0.6) is 11.5 Å². The van der Waals surface area contributed by atoms with Crippen LogP contribution in [0.4, 0.5) is 0 Å². The lowest BCUT2D eigenvalue weighted by Crippen LogP contribution is -2.51. The van der Waals surface area contributed by atoms with Gasteiger partial charge in [0.25, 0.3) is 0 Å². The van der Waals surface area contributed by atoms with Crippen molar-refractivity contribution in [2.75, 3.05) is 60.0 Å². The molecule has 6 nitrogen and oxygen atoms in total. The van der Waals surface area contributed by atoms with Crippen molar-refractivity contribution >= 4 is 5.91 Å². The number of nitrogens with zero attached hydrogens (tertiary/aromatic N) is 3. The van der Waals surface area contributed by atoms with Crippen molar-refractivity contribution in [1.82, 2.24) is 14.7 Å². The molecule has 0 spiro atoms. The second kappa shape index (κ2) is 9.61. The van der Waals surface area contributed by atoms with Gasteiger partial charge in [-0.2, -0.15) is 0 Å². The molecule has 2 aliphatic rings. The highest BCUT2D eigenvalue weighted by Gasteiger charge is 2.25. The van der Waals surface area contributed by atoms with Crippen LogP contribution in [0.25, 0.3) is 0 Å². The molecule has 0 atom stereocenters. The lowest BCUT2D eigenvalue weighted by molar-refractivity contribution is -0.134. The first-order valence-electron chi connectivity index (χ1n) is 10.4. The summed E-state index contributed by atoms with van der Waals surface area (Å²) < 4.78 is 10.8. The summed E-state index contributed by atoms with van der Waals surface area (Å²) in [7, 11) is 3.34. The van der Waals surface area contributed by atoms with Crippen LogP contribution in [0.15, 0.2) is 12.1 Å². The zero-order valence-corrected chi connectivity index (χ0v) is 17.9. The molecule has 0 bridgehead atoms. The van der Waals surface area contributed by atoms with Crippen LogP contribution in [0.2, 0.25) is 0 Å². The Morgan fingerprint density at radius 2 is 1.57 bits per heavy atom. The molecule has 28 heavy (non-hydrogen) atoms. The molecule has 0 aromatic heterocycles. The fourth-order valence-electron chi connectivity index (χ4n) is 4.10. The molecule has 3 rings (SSSR count). The number of ether oxygens (including phenoxy) is 2. The van der Waals surface area contributed by atoms with Gasteiger partial charge in [-0.3, -0.25) is 14.6 Å². The summed E-state index contributed by atoms with van der Waals surface area (Å²) in [5, 5.41) is 0. The minimum absolute atomic E-state index is 0.288. The molecular formula is C22H35N3O3. The van der Waals surface area contributed by atoms with Crippen LogP contribution < -0.4 is 9.47 Å². The quantitative estimate of drug-likeness (QED) is 0.748. The summed E-state index contributed by atoms with van der Waals surface area (Å²) >= 11 is 0. The first kappa shape index (κ1) is 20.9. The molecule has 0 aliphatic carbocycles. The molecular weight excluding hydrogens is 354 g/mol. The number of benzene rings is 1. The summed E-state index contributed by atoms with van der Waals surface area (Å²) in [6.07, 6.45) is 2.43. The number of hydrogen-bond acceptors (Lipinski definition) is 5. The van der Waals surface area contributed by atoms with Gasteiger partial charge in [-0.25, -0.2) is 0 Å². The van der Waals surface area contributed by atoms with E-state index in [4.69, 9.17) is 9.47 Å². The third-order valence-corrected chi connectivity index (χ3v) is 6.20. The Balaban J connectivity index is 1.49. The monoisotopic (exact) mass is 389 g/mol. The van der Waals surface area contributed by atoms with Gasteiger partial charge in [0, 0.05) is 32.7 Å². The summed E-state index contributed by atoms with van der Waals surface area (Å²) in [4.78, 5) is 19.4. The van der Waals surface area contributed by atoms with Crippen molar-refractivity contribution in [1.29, 1.82) is 0 Å². The second-order valence-electron chi connectivity index (χ2n) is 8.25. The van der Waals surface area contributed by atoms with Crippen LogP contribution in [0.3, 0.4) is 0 Å². The number of piperidine rings is 1. The predicted molar refractivity (Wildman–Crippen MR) is 111 cm³/mol. The van der Waals surface area contributed by atoms with Gasteiger partial charge >= 0.3 is 0 Å². The zero-order chi connectivity index (χ0) is 20.1. The molecule has 0 saturated carbocycles. The Labute approximate surface area is 169 Å². The lowest BCUT2D eigenvalue weighted by atomic mass is 9.99. The number of carbonyl (C=O) groups is 1. The first-order valence-corrected chi connectivity index (χ1v) is 10.4. The van der Waals surface area contributed by atoms with Crippen molar-refractivity contribution in [2.24, 2.45) is 5.92 Å². The zero-order valence-electron chi connectivity index (χ0n) is 17.9. The lowest BCUT2D eigenvalue weighted by Gasteiger charge is -2.37. The number of methoxy groups -OCH3 is 2. The van der Waals surface area contributed by atoms with E-state index in [1.165, 1.54) is 24.0 Å². The van der Waals surface area contributed by atoms with Crippen LogP contribution in [0.1, 0.15) is 30.9 Å². The van der Waals surface area contributed by atoms with E-state index in [0.717, 1.165) is 63.2 Å². The minimum Gasteiger partial charge on any atom is -0.493 e. The third kappa shape index (κ3) is 5.17. The molecule has 0 unspecified atom stereocenters. The van der Waals surface area contributed by atoms with Crippen molar-refractivity contribution in [3.63, 3.8) is 0 Å². The number of hydrogen-bond donors (Lipinski definition) is 0. The SMILES string of the molecule is COc1cc(C)c(CN2CCN(C(=O)CN3CCC(C)CC3)CC2)cc1OC. The Morgan fingerprint density at radius 1 is 0.964 bits per heavy atom. The average Bonchev–Trinajstić information content (AvgIpc) is 2.71.